The molecule has 1 amide bonds. The van der Waals surface area contributed by atoms with Gasteiger partial charge >= 0.3 is 11.9 Å². The first kappa shape index (κ1) is 29.5. The van der Waals surface area contributed by atoms with Gasteiger partial charge in [0.25, 0.3) is 0 Å². The van der Waals surface area contributed by atoms with Gasteiger partial charge in [0, 0.05) is 13.8 Å². The zero-order valence-corrected chi connectivity index (χ0v) is 19.4. The van der Waals surface area contributed by atoms with Crippen molar-refractivity contribution in [1.82, 2.24) is 5.32 Å². The van der Waals surface area contributed by atoms with Gasteiger partial charge in [-0.15, -0.1) is 0 Å². The Morgan fingerprint density at radius 2 is 1.44 bits per heavy atom. The van der Waals surface area contributed by atoms with Crippen LogP contribution in [0, 0.1) is 0 Å². The second-order valence-corrected chi connectivity index (χ2v) is 7.55. The first-order valence-electron chi connectivity index (χ1n) is 10.3. The van der Waals surface area contributed by atoms with Crippen molar-refractivity contribution in [2.24, 2.45) is 0 Å². The van der Waals surface area contributed by atoms with Crippen LogP contribution in [0.25, 0.3) is 0 Å². The highest BCUT2D eigenvalue weighted by Crippen LogP contribution is 2.40. The van der Waals surface area contributed by atoms with Crippen molar-refractivity contribution in [2.75, 3.05) is 39.6 Å². The summed E-state index contributed by atoms with van der Waals surface area (Å²) in [5.41, 5.74) is -5.79. The Kier molecular flexibility index (Phi) is 11.1. The molecule has 14 nitrogen and oxygen atoms in total. The van der Waals surface area contributed by atoms with E-state index >= 15 is 0 Å². The van der Waals surface area contributed by atoms with E-state index in [4.69, 9.17) is 28.8 Å². The van der Waals surface area contributed by atoms with Gasteiger partial charge in [0.1, 0.15) is 25.4 Å². The Hall–Kier alpha value is -2.49. The summed E-state index contributed by atoms with van der Waals surface area (Å²) >= 11 is 0. The quantitative estimate of drug-likeness (QED) is 0.147. The lowest BCUT2D eigenvalue weighted by atomic mass is 9.67. The Bertz CT molecular complexity index is 772. The van der Waals surface area contributed by atoms with E-state index < -0.39 is 72.3 Å². The minimum atomic E-state index is -2.90. The predicted molar refractivity (Wildman–Crippen MR) is 109 cm³/mol. The summed E-state index contributed by atoms with van der Waals surface area (Å²) in [6.45, 7) is 2.55. The minimum Gasteiger partial charge on any atom is -0.480 e. The van der Waals surface area contributed by atoms with Gasteiger partial charge in [-0.25, -0.2) is 4.79 Å². The van der Waals surface area contributed by atoms with Crippen LogP contribution in [0.3, 0.4) is 0 Å². The van der Waals surface area contributed by atoms with Crippen molar-refractivity contribution in [3.63, 3.8) is 0 Å². The van der Waals surface area contributed by atoms with Gasteiger partial charge in [0.15, 0.2) is 29.1 Å². The van der Waals surface area contributed by atoms with E-state index in [9.17, 15) is 34.2 Å². The van der Waals surface area contributed by atoms with Gasteiger partial charge in [0.05, 0.1) is 26.4 Å². The molecule has 0 aromatic rings. The maximum Gasteiger partial charge on any atom is 0.329 e. The highest BCUT2D eigenvalue weighted by atomic mass is 16.7. The van der Waals surface area contributed by atoms with E-state index in [0.717, 1.165) is 27.7 Å². The summed E-state index contributed by atoms with van der Waals surface area (Å²) in [5, 5.41) is 33.4. The molecule has 1 rings (SSSR count). The Morgan fingerprint density at radius 3 is 1.94 bits per heavy atom. The van der Waals surface area contributed by atoms with Gasteiger partial charge in [-0.1, -0.05) is 0 Å². The Labute approximate surface area is 195 Å². The van der Waals surface area contributed by atoms with Crippen LogP contribution in [-0.2, 0) is 47.7 Å². The van der Waals surface area contributed by atoms with Crippen LogP contribution in [-0.4, -0.2) is 114 Å². The van der Waals surface area contributed by atoms with Crippen LogP contribution in [0.5, 0.6) is 0 Å². The molecule has 194 valence electrons. The lowest BCUT2D eigenvalue weighted by molar-refractivity contribution is -0.317. The normalized spacial score (nSPS) is 28.7. The maximum absolute atomic E-state index is 12.6. The van der Waals surface area contributed by atoms with Crippen molar-refractivity contribution in [1.29, 1.82) is 0 Å². The number of carbonyl (C=O) groups excluding carboxylic acids is 4. The number of amides is 1. The van der Waals surface area contributed by atoms with Gasteiger partial charge < -0.3 is 44.3 Å². The van der Waals surface area contributed by atoms with Crippen LogP contribution in [0.4, 0.5) is 0 Å². The molecule has 34 heavy (non-hydrogen) atoms. The van der Waals surface area contributed by atoms with Gasteiger partial charge in [0.2, 0.25) is 5.91 Å². The lowest BCUT2D eigenvalue weighted by Crippen LogP contribution is -2.82. The largest absolute Gasteiger partial charge is 0.480 e. The zero-order chi connectivity index (χ0) is 26.1. The van der Waals surface area contributed by atoms with Crippen molar-refractivity contribution in [2.45, 2.75) is 57.3 Å². The molecule has 0 aromatic heterocycles. The topological polar surface area (TPSA) is 204 Å². The lowest BCUT2D eigenvalue weighted by Gasteiger charge is -2.54. The SMILES string of the molecule is CC(=O)N[C@H]1[C@H](OCCOCCOCC(=O)O)O[C@H](COC(C)=O)[C@@](O)(C(C)=O)[C@@]1(O)C(C)=O. The number of carboxylic acid groups (broad SMARTS) is 1. The zero-order valence-electron chi connectivity index (χ0n) is 19.4. The maximum atomic E-state index is 12.6. The average molecular weight is 493 g/mol. The number of esters is 1. The number of rotatable bonds is 14. The molecule has 0 saturated carbocycles. The number of ether oxygens (including phenoxy) is 5. The predicted octanol–water partition coefficient (Wildman–Crippen LogP) is -2.45. The van der Waals surface area contributed by atoms with E-state index in [2.05, 4.69) is 5.32 Å². The minimum absolute atomic E-state index is 0.000929. The fourth-order valence-corrected chi connectivity index (χ4v) is 3.48. The summed E-state index contributed by atoms with van der Waals surface area (Å²) in [6.07, 6.45) is -3.28. The number of nitrogens with one attached hydrogen (secondary N) is 1. The summed E-state index contributed by atoms with van der Waals surface area (Å²) in [4.78, 5) is 58.5. The number of hydrogen-bond donors (Lipinski definition) is 4. The second kappa shape index (κ2) is 12.8. The molecule has 0 aromatic carbocycles. The molecule has 0 radical (unpaired) electrons. The first-order chi connectivity index (χ1) is 15.8. The third-order valence-electron chi connectivity index (χ3n) is 5.05. The smallest absolute Gasteiger partial charge is 0.329 e. The molecule has 0 unspecified atom stereocenters. The van der Waals surface area contributed by atoms with Gasteiger partial charge in [-0.3, -0.25) is 19.2 Å². The number of aliphatic carboxylic acids is 1. The molecule has 1 aliphatic rings. The molecular weight excluding hydrogens is 462 g/mol. The average Bonchev–Trinajstić information content (AvgIpc) is 2.72. The number of hydrogen-bond acceptors (Lipinski definition) is 12. The summed E-state index contributed by atoms with van der Waals surface area (Å²) < 4.78 is 26.0. The molecule has 1 saturated heterocycles. The fourth-order valence-electron chi connectivity index (χ4n) is 3.48. The third kappa shape index (κ3) is 7.01. The van der Waals surface area contributed by atoms with E-state index in [0.29, 0.717) is 0 Å². The van der Waals surface area contributed by atoms with Gasteiger partial charge in [-0.05, 0) is 13.8 Å². The van der Waals surface area contributed by atoms with Crippen molar-refractivity contribution >= 4 is 29.4 Å². The molecule has 5 atom stereocenters. The molecule has 1 aliphatic heterocycles. The monoisotopic (exact) mass is 493 g/mol. The highest BCUT2D eigenvalue weighted by molar-refractivity contribution is 5.99. The summed E-state index contributed by atoms with van der Waals surface area (Å²) in [7, 11) is 0. The van der Waals surface area contributed by atoms with Crippen molar-refractivity contribution in [3.05, 3.63) is 0 Å². The Morgan fingerprint density at radius 1 is 0.882 bits per heavy atom. The molecule has 4 N–H and O–H groups in total. The molecule has 0 bridgehead atoms. The van der Waals surface area contributed by atoms with Crippen LogP contribution in [0.1, 0.15) is 27.7 Å². The molecule has 0 aliphatic carbocycles. The van der Waals surface area contributed by atoms with E-state index in [-0.39, 0.29) is 26.4 Å². The highest BCUT2D eigenvalue weighted by Gasteiger charge is 2.70. The van der Waals surface area contributed by atoms with E-state index in [1.807, 2.05) is 0 Å². The van der Waals surface area contributed by atoms with E-state index in [1.165, 1.54) is 0 Å². The number of carboxylic acids is 1. The van der Waals surface area contributed by atoms with Crippen LogP contribution >= 0.6 is 0 Å². The Balaban J connectivity index is 3.08. The van der Waals surface area contributed by atoms with Gasteiger partial charge in [-0.2, -0.15) is 0 Å². The fraction of sp³-hybridized carbons (Fsp3) is 0.750. The van der Waals surface area contributed by atoms with E-state index in [1.54, 1.807) is 0 Å². The van der Waals surface area contributed by atoms with Crippen LogP contribution in [0.2, 0.25) is 0 Å². The number of Topliss-reactive ketones (excluding diaryl/α,β-unsaturated/α-hetero) is 2. The molecule has 0 spiro atoms. The number of ketones is 2. The standard InChI is InChI=1S/C20H31NO13/c1-11(22)19(28)15(9-33-14(4)25)34-18(17(21-13(3)24)20(19,29)12(2)23)32-8-7-30-5-6-31-10-16(26)27/h15,17-18,28-29H,5-10H2,1-4H3,(H,21,24)(H,26,27)/t15-,17+,18-,19+,20-/m1/s1. The second-order valence-electron chi connectivity index (χ2n) is 7.55. The molecule has 14 heteroatoms. The molecule has 1 fully saturated rings. The molecule has 1 heterocycles. The van der Waals surface area contributed by atoms with Crippen molar-refractivity contribution < 1.29 is 63.0 Å². The van der Waals surface area contributed by atoms with Crippen LogP contribution < -0.4 is 5.32 Å². The van der Waals surface area contributed by atoms with Crippen LogP contribution in [0.15, 0.2) is 0 Å². The number of carbonyl (C=O) groups is 5. The summed E-state index contributed by atoms with van der Waals surface area (Å²) in [5.74, 6) is -4.77. The molecular formula is C20H31NO13. The van der Waals surface area contributed by atoms with Crippen molar-refractivity contribution in [3.8, 4) is 0 Å². The number of aliphatic hydroxyl groups is 2. The first-order valence-corrected chi connectivity index (χ1v) is 10.3. The third-order valence-corrected chi connectivity index (χ3v) is 5.05. The summed E-state index contributed by atoms with van der Waals surface area (Å²) in [6, 6.07) is -1.72.